The summed E-state index contributed by atoms with van der Waals surface area (Å²) in [5.41, 5.74) is 0.137. The molecule has 0 radical (unpaired) electrons. The number of aromatic carboxylic acids is 1. The van der Waals surface area contributed by atoms with Gasteiger partial charge in [0.05, 0.1) is 11.7 Å². The Morgan fingerprint density at radius 2 is 2.24 bits per heavy atom. The molecule has 0 aliphatic heterocycles. The summed E-state index contributed by atoms with van der Waals surface area (Å²) >= 11 is 0. The van der Waals surface area contributed by atoms with Gasteiger partial charge in [-0.3, -0.25) is 4.68 Å². The van der Waals surface area contributed by atoms with E-state index >= 15 is 0 Å². The Labute approximate surface area is 94.7 Å². The summed E-state index contributed by atoms with van der Waals surface area (Å²) in [5, 5.41) is 13.1. The molecule has 2 heterocycles. The summed E-state index contributed by atoms with van der Waals surface area (Å²) in [6.45, 7) is 0.180. The van der Waals surface area contributed by atoms with Gasteiger partial charge in [-0.1, -0.05) is 0 Å². The van der Waals surface area contributed by atoms with Gasteiger partial charge in [0.2, 0.25) is 0 Å². The van der Waals surface area contributed by atoms with E-state index in [0.29, 0.717) is 10.9 Å². The van der Waals surface area contributed by atoms with Gasteiger partial charge in [-0.25, -0.2) is 18.6 Å². The molecule has 0 unspecified atom stereocenters. The Morgan fingerprint density at radius 1 is 1.53 bits per heavy atom. The summed E-state index contributed by atoms with van der Waals surface area (Å²) in [6.07, 6.45) is 2.68. The summed E-state index contributed by atoms with van der Waals surface area (Å²) in [7, 11) is 0. The molecule has 0 saturated heterocycles. The van der Waals surface area contributed by atoms with Gasteiger partial charge in [0.15, 0.2) is 0 Å². The topological polar surface area (TPSA) is 68.0 Å². The van der Waals surface area contributed by atoms with E-state index in [1.807, 2.05) is 0 Å². The molecule has 0 aromatic carbocycles. The average molecular weight is 241 g/mol. The fraction of sp³-hybridized carbons (Fsp3) is 0.300. The van der Waals surface area contributed by atoms with Crippen LogP contribution in [0.2, 0.25) is 0 Å². The summed E-state index contributed by atoms with van der Waals surface area (Å²) in [4.78, 5) is 14.4. The summed E-state index contributed by atoms with van der Waals surface area (Å²) in [5.74, 6) is -4.12. The lowest BCUT2D eigenvalue weighted by atomic mass is 10.3. The molecule has 0 saturated carbocycles. The predicted octanol–water partition coefficient (Wildman–Crippen LogP) is 1.78. The SMILES string of the molecule is CC(F)(F)Cn1ncc2cnc(C(=O)O)cc21. The second-order valence-corrected chi connectivity index (χ2v) is 3.81. The first-order valence-corrected chi connectivity index (χ1v) is 4.79. The van der Waals surface area contributed by atoms with E-state index in [9.17, 15) is 13.6 Å². The van der Waals surface area contributed by atoms with Crippen LogP contribution in [-0.4, -0.2) is 31.8 Å². The highest BCUT2D eigenvalue weighted by molar-refractivity contribution is 5.90. The maximum Gasteiger partial charge on any atom is 0.354 e. The summed E-state index contributed by atoms with van der Waals surface area (Å²) in [6, 6.07) is 1.23. The van der Waals surface area contributed by atoms with Gasteiger partial charge >= 0.3 is 5.97 Å². The lowest BCUT2D eigenvalue weighted by molar-refractivity contribution is 0.00182. The van der Waals surface area contributed by atoms with Gasteiger partial charge < -0.3 is 5.11 Å². The lowest BCUT2D eigenvalue weighted by Gasteiger charge is -2.10. The van der Waals surface area contributed by atoms with E-state index in [2.05, 4.69) is 10.1 Å². The van der Waals surface area contributed by atoms with Crippen molar-refractivity contribution in [2.45, 2.75) is 19.4 Å². The number of alkyl halides is 2. The molecular formula is C10H9F2N3O2. The van der Waals surface area contributed by atoms with Crippen LogP contribution in [0.25, 0.3) is 10.9 Å². The van der Waals surface area contributed by atoms with Crippen LogP contribution in [0.1, 0.15) is 17.4 Å². The van der Waals surface area contributed by atoms with Gasteiger partial charge in [-0.05, 0) is 6.07 Å². The molecule has 7 heteroatoms. The molecular weight excluding hydrogens is 232 g/mol. The van der Waals surface area contributed by atoms with Gasteiger partial charge in [0.1, 0.15) is 12.2 Å². The van der Waals surface area contributed by atoms with E-state index in [1.54, 1.807) is 0 Å². The smallest absolute Gasteiger partial charge is 0.354 e. The quantitative estimate of drug-likeness (QED) is 0.889. The lowest BCUT2D eigenvalue weighted by Crippen LogP contribution is -2.20. The molecule has 90 valence electrons. The number of rotatable bonds is 3. The zero-order chi connectivity index (χ0) is 12.6. The highest BCUT2D eigenvalue weighted by Gasteiger charge is 2.23. The van der Waals surface area contributed by atoms with Crippen LogP contribution < -0.4 is 0 Å². The van der Waals surface area contributed by atoms with Gasteiger partial charge in [-0.15, -0.1) is 0 Å². The van der Waals surface area contributed by atoms with Crippen LogP contribution in [0.3, 0.4) is 0 Å². The fourth-order valence-electron chi connectivity index (χ4n) is 1.48. The maximum absolute atomic E-state index is 12.9. The van der Waals surface area contributed by atoms with E-state index in [4.69, 9.17) is 5.11 Å². The van der Waals surface area contributed by atoms with Crippen LogP contribution in [-0.2, 0) is 6.54 Å². The molecule has 0 bridgehead atoms. The number of hydrogen-bond donors (Lipinski definition) is 1. The van der Waals surface area contributed by atoms with E-state index < -0.39 is 18.4 Å². The van der Waals surface area contributed by atoms with Gasteiger partial charge in [0.25, 0.3) is 5.92 Å². The van der Waals surface area contributed by atoms with Crippen LogP contribution in [0.5, 0.6) is 0 Å². The largest absolute Gasteiger partial charge is 0.477 e. The number of carboxylic acids is 1. The number of carbonyl (C=O) groups is 1. The third-order valence-corrected chi connectivity index (χ3v) is 2.17. The van der Waals surface area contributed by atoms with Crippen LogP contribution in [0.15, 0.2) is 18.5 Å². The third-order valence-electron chi connectivity index (χ3n) is 2.17. The number of pyridine rings is 1. The Kier molecular flexibility index (Phi) is 2.53. The van der Waals surface area contributed by atoms with Crippen LogP contribution in [0, 0.1) is 0 Å². The van der Waals surface area contributed by atoms with Crippen molar-refractivity contribution in [3.05, 3.63) is 24.2 Å². The number of fused-ring (bicyclic) bond motifs is 1. The second kappa shape index (κ2) is 3.76. The molecule has 2 rings (SSSR count). The molecule has 0 amide bonds. The Bertz CT molecular complexity index is 574. The summed E-state index contributed by atoms with van der Waals surface area (Å²) < 4.78 is 26.8. The molecule has 17 heavy (non-hydrogen) atoms. The number of carboxylic acid groups (broad SMARTS) is 1. The van der Waals surface area contributed by atoms with Crippen molar-refractivity contribution < 1.29 is 18.7 Å². The van der Waals surface area contributed by atoms with E-state index in [0.717, 1.165) is 11.6 Å². The first kappa shape index (κ1) is 11.4. The van der Waals surface area contributed by atoms with Crippen LogP contribution in [0.4, 0.5) is 8.78 Å². The molecule has 0 aliphatic rings. The highest BCUT2D eigenvalue weighted by Crippen LogP contribution is 2.19. The molecule has 0 spiro atoms. The van der Waals surface area contributed by atoms with Crippen molar-refractivity contribution in [3.8, 4) is 0 Å². The monoisotopic (exact) mass is 241 g/mol. The molecule has 0 fully saturated rings. The van der Waals surface area contributed by atoms with E-state index in [1.165, 1.54) is 18.5 Å². The van der Waals surface area contributed by atoms with Crippen molar-refractivity contribution in [2.24, 2.45) is 0 Å². The first-order valence-electron chi connectivity index (χ1n) is 4.79. The Morgan fingerprint density at radius 3 is 2.82 bits per heavy atom. The zero-order valence-electron chi connectivity index (χ0n) is 8.89. The average Bonchev–Trinajstić information content (AvgIpc) is 2.58. The van der Waals surface area contributed by atoms with Crippen molar-refractivity contribution in [2.75, 3.05) is 0 Å². The standard InChI is InChI=1S/C10H9F2N3O2/c1-10(11,12)5-15-8-2-7(9(16)17)13-3-6(8)4-14-15/h2-4H,5H2,1H3,(H,16,17). The van der Waals surface area contributed by atoms with Crippen molar-refractivity contribution in [1.82, 2.24) is 14.8 Å². The second-order valence-electron chi connectivity index (χ2n) is 3.81. The zero-order valence-corrected chi connectivity index (χ0v) is 8.89. The molecule has 0 aliphatic carbocycles. The predicted molar refractivity (Wildman–Crippen MR) is 55.1 cm³/mol. The number of halogens is 2. The molecule has 5 nitrogen and oxygen atoms in total. The highest BCUT2D eigenvalue weighted by atomic mass is 19.3. The Balaban J connectivity index is 2.50. The van der Waals surface area contributed by atoms with Crippen molar-refractivity contribution in [1.29, 1.82) is 0 Å². The van der Waals surface area contributed by atoms with Crippen molar-refractivity contribution in [3.63, 3.8) is 0 Å². The third kappa shape index (κ3) is 2.38. The first-order chi connectivity index (χ1) is 7.87. The number of nitrogens with zero attached hydrogens (tertiary/aromatic N) is 3. The van der Waals surface area contributed by atoms with Crippen molar-refractivity contribution >= 4 is 16.9 Å². The van der Waals surface area contributed by atoms with Gasteiger partial charge in [0, 0.05) is 18.5 Å². The minimum atomic E-state index is -2.91. The normalized spacial score (nSPS) is 11.9. The maximum atomic E-state index is 12.9. The Hall–Kier alpha value is -2.05. The minimum Gasteiger partial charge on any atom is -0.477 e. The van der Waals surface area contributed by atoms with Gasteiger partial charge in [-0.2, -0.15) is 5.10 Å². The molecule has 2 aromatic heterocycles. The number of aromatic nitrogens is 3. The molecule has 0 atom stereocenters. The fourth-order valence-corrected chi connectivity index (χ4v) is 1.48. The molecule has 2 aromatic rings. The van der Waals surface area contributed by atoms with Crippen LogP contribution >= 0.6 is 0 Å². The number of hydrogen-bond acceptors (Lipinski definition) is 3. The van der Waals surface area contributed by atoms with E-state index in [-0.39, 0.29) is 5.69 Å². The molecule has 1 N–H and O–H groups in total. The minimum absolute atomic E-state index is 0.196.